The van der Waals surface area contributed by atoms with Gasteiger partial charge in [0.1, 0.15) is 17.1 Å². The van der Waals surface area contributed by atoms with E-state index >= 15 is 0 Å². The Morgan fingerprint density at radius 1 is 1.16 bits per heavy atom. The van der Waals surface area contributed by atoms with E-state index in [1.165, 1.54) is 0 Å². The molecule has 1 aromatic carbocycles. The van der Waals surface area contributed by atoms with Gasteiger partial charge in [0.25, 0.3) is 0 Å². The third kappa shape index (κ3) is 2.31. The highest BCUT2D eigenvalue weighted by Crippen LogP contribution is 2.29. The molecule has 0 saturated carbocycles. The zero-order valence-corrected chi connectivity index (χ0v) is 12.1. The van der Waals surface area contributed by atoms with E-state index in [1.807, 2.05) is 53.1 Å². The van der Waals surface area contributed by atoms with Gasteiger partial charge in [-0.1, -0.05) is 18.2 Å². The Morgan fingerprint density at radius 3 is 2.74 bits per heavy atom. The summed E-state index contributed by atoms with van der Waals surface area (Å²) >= 11 is 2.21. The molecular formula is C14H11IN2O2. The third-order valence-corrected chi connectivity index (χ3v) is 3.68. The van der Waals surface area contributed by atoms with E-state index < -0.39 is 0 Å². The molecule has 2 heterocycles. The quantitative estimate of drug-likeness (QED) is 0.725. The van der Waals surface area contributed by atoms with Gasteiger partial charge >= 0.3 is 0 Å². The summed E-state index contributed by atoms with van der Waals surface area (Å²) in [4.78, 5) is 4.40. The zero-order chi connectivity index (χ0) is 13.2. The minimum atomic E-state index is -0.121. The molecule has 4 nitrogen and oxygen atoms in total. The summed E-state index contributed by atoms with van der Waals surface area (Å²) in [5.41, 5.74) is 1.41. The molecule has 96 valence electrons. The summed E-state index contributed by atoms with van der Waals surface area (Å²) in [6.45, 7) is -0.121. The van der Waals surface area contributed by atoms with Crippen LogP contribution in [0.15, 0.2) is 48.7 Å². The van der Waals surface area contributed by atoms with Crippen LogP contribution in [-0.4, -0.2) is 14.5 Å². The summed E-state index contributed by atoms with van der Waals surface area (Å²) in [5, 5.41) is 9.51. The van der Waals surface area contributed by atoms with Crippen molar-refractivity contribution in [2.45, 2.75) is 6.61 Å². The van der Waals surface area contributed by atoms with Gasteiger partial charge in [0.2, 0.25) is 5.88 Å². The summed E-state index contributed by atoms with van der Waals surface area (Å²) < 4.78 is 8.64. The molecule has 3 aromatic rings. The van der Waals surface area contributed by atoms with Crippen molar-refractivity contribution in [3.63, 3.8) is 0 Å². The van der Waals surface area contributed by atoms with Crippen LogP contribution in [0.25, 0.3) is 5.65 Å². The number of imidazole rings is 1. The van der Waals surface area contributed by atoms with Crippen LogP contribution < -0.4 is 4.74 Å². The first-order chi connectivity index (χ1) is 9.29. The molecule has 1 N–H and O–H groups in total. The molecule has 0 spiro atoms. The molecule has 0 amide bonds. The van der Waals surface area contributed by atoms with E-state index in [4.69, 9.17) is 4.74 Å². The molecule has 0 aliphatic heterocycles. The highest BCUT2D eigenvalue weighted by Gasteiger charge is 2.13. The number of ether oxygens (including phenoxy) is 1. The highest BCUT2D eigenvalue weighted by atomic mass is 127. The Kier molecular flexibility index (Phi) is 3.39. The average Bonchev–Trinajstić information content (AvgIpc) is 2.78. The van der Waals surface area contributed by atoms with Crippen LogP contribution in [-0.2, 0) is 6.61 Å². The number of rotatable bonds is 3. The lowest BCUT2D eigenvalue weighted by Gasteiger charge is -2.06. The Labute approximate surface area is 123 Å². The molecule has 0 fully saturated rings. The maximum absolute atomic E-state index is 9.51. The van der Waals surface area contributed by atoms with E-state index in [0.29, 0.717) is 11.6 Å². The lowest BCUT2D eigenvalue weighted by Crippen LogP contribution is -1.95. The molecule has 0 aliphatic rings. The normalized spacial score (nSPS) is 10.8. The van der Waals surface area contributed by atoms with Crippen LogP contribution in [0.2, 0.25) is 0 Å². The second-order valence-electron chi connectivity index (χ2n) is 3.98. The Hall–Kier alpha value is -1.60. The molecule has 3 rings (SSSR count). The zero-order valence-electron chi connectivity index (χ0n) is 9.95. The standard InChI is InChI=1S/C14H11IN2O2/c15-10-5-1-2-6-12(10)19-14-11(9-18)17-8-4-3-7-13(17)16-14/h1-8,18H,9H2. The second-order valence-corrected chi connectivity index (χ2v) is 5.15. The lowest BCUT2D eigenvalue weighted by atomic mass is 10.3. The topological polar surface area (TPSA) is 46.8 Å². The molecule has 2 aromatic heterocycles. The van der Waals surface area contributed by atoms with Gasteiger partial charge in [-0.25, -0.2) is 0 Å². The van der Waals surface area contributed by atoms with Crippen LogP contribution >= 0.6 is 22.6 Å². The lowest BCUT2D eigenvalue weighted by molar-refractivity contribution is 0.269. The Balaban J connectivity index is 2.08. The highest BCUT2D eigenvalue weighted by molar-refractivity contribution is 14.1. The average molecular weight is 366 g/mol. The van der Waals surface area contributed by atoms with Gasteiger partial charge in [0.05, 0.1) is 10.2 Å². The molecule has 19 heavy (non-hydrogen) atoms. The van der Waals surface area contributed by atoms with Crippen molar-refractivity contribution in [2.75, 3.05) is 0 Å². The maximum Gasteiger partial charge on any atom is 0.243 e. The predicted octanol–water partition coefficient (Wildman–Crippen LogP) is 3.22. The van der Waals surface area contributed by atoms with Crippen molar-refractivity contribution in [1.29, 1.82) is 0 Å². The van der Waals surface area contributed by atoms with Crippen LogP contribution in [0.1, 0.15) is 5.69 Å². The molecular weight excluding hydrogens is 355 g/mol. The van der Waals surface area contributed by atoms with E-state index in [-0.39, 0.29) is 6.61 Å². The number of hydrogen-bond donors (Lipinski definition) is 1. The monoisotopic (exact) mass is 366 g/mol. The number of hydrogen-bond acceptors (Lipinski definition) is 3. The predicted molar refractivity (Wildman–Crippen MR) is 80.3 cm³/mol. The molecule has 0 saturated heterocycles. The minimum absolute atomic E-state index is 0.121. The number of aliphatic hydroxyl groups is 1. The second kappa shape index (κ2) is 5.18. The van der Waals surface area contributed by atoms with E-state index in [9.17, 15) is 5.11 Å². The van der Waals surface area contributed by atoms with Crippen molar-refractivity contribution < 1.29 is 9.84 Å². The van der Waals surface area contributed by atoms with Gasteiger partial charge < -0.3 is 9.84 Å². The van der Waals surface area contributed by atoms with Crippen molar-refractivity contribution in [2.24, 2.45) is 0 Å². The van der Waals surface area contributed by atoms with Crippen LogP contribution in [0.4, 0.5) is 0 Å². The molecule has 0 unspecified atom stereocenters. The smallest absolute Gasteiger partial charge is 0.243 e. The fourth-order valence-electron chi connectivity index (χ4n) is 1.88. The van der Waals surface area contributed by atoms with Gasteiger partial charge in [-0.05, 0) is 46.9 Å². The number of pyridine rings is 1. The van der Waals surface area contributed by atoms with Gasteiger partial charge in [0, 0.05) is 6.20 Å². The van der Waals surface area contributed by atoms with Gasteiger partial charge in [0.15, 0.2) is 0 Å². The van der Waals surface area contributed by atoms with E-state index in [1.54, 1.807) is 0 Å². The van der Waals surface area contributed by atoms with Gasteiger partial charge in [-0.2, -0.15) is 4.98 Å². The van der Waals surface area contributed by atoms with E-state index in [2.05, 4.69) is 27.6 Å². The fourth-order valence-corrected chi connectivity index (χ4v) is 2.38. The van der Waals surface area contributed by atoms with Crippen molar-refractivity contribution in [1.82, 2.24) is 9.38 Å². The number of aromatic nitrogens is 2. The molecule has 5 heteroatoms. The first kappa shape index (κ1) is 12.4. The third-order valence-electron chi connectivity index (χ3n) is 2.79. The van der Waals surface area contributed by atoms with Crippen LogP contribution in [0.5, 0.6) is 11.6 Å². The summed E-state index contributed by atoms with van der Waals surface area (Å²) in [7, 11) is 0. The molecule has 0 radical (unpaired) electrons. The molecule has 0 aliphatic carbocycles. The largest absolute Gasteiger partial charge is 0.436 e. The van der Waals surface area contributed by atoms with Gasteiger partial charge in [-0.3, -0.25) is 4.40 Å². The summed E-state index contributed by atoms with van der Waals surface area (Å²) in [6.07, 6.45) is 1.86. The van der Waals surface area contributed by atoms with Crippen molar-refractivity contribution in [3.05, 3.63) is 57.9 Å². The first-order valence-corrected chi connectivity index (χ1v) is 6.86. The SMILES string of the molecule is OCc1c(Oc2ccccc2I)nc2ccccn12. The molecule has 0 bridgehead atoms. The molecule has 0 atom stereocenters. The van der Waals surface area contributed by atoms with Crippen molar-refractivity contribution in [3.8, 4) is 11.6 Å². The minimum Gasteiger partial charge on any atom is -0.436 e. The van der Waals surface area contributed by atoms with Crippen molar-refractivity contribution >= 4 is 28.2 Å². The fraction of sp³-hybridized carbons (Fsp3) is 0.0714. The number of fused-ring (bicyclic) bond motifs is 1. The number of halogens is 1. The van der Waals surface area contributed by atoms with Crippen LogP contribution in [0, 0.1) is 3.57 Å². The number of para-hydroxylation sites is 1. The number of nitrogens with zero attached hydrogens (tertiary/aromatic N) is 2. The summed E-state index contributed by atoms with van der Waals surface area (Å²) in [5.74, 6) is 1.18. The van der Waals surface area contributed by atoms with Crippen LogP contribution in [0.3, 0.4) is 0 Å². The number of benzene rings is 1. The summed E-state index contributed by atoms with van der Waals surface area (Å²) in [6, 6.07) is 13.4. The Morgan fingerprint density at radius 2 is 1.95 bits per heavy atom. The number of aliphatic hydroxyl groups excluding tert-OH is 1. The Bertz CT molecular complexity index is 724. The van der Waals surface area contributed by atoms with E-state index in [0.717, 1.165) is 15.0 Å². The maximum atomic E-state index is 9.51. The van der Waals surface area contributed by atoms with Gasteiger partial charge in [-0.15, -0.1) is 0 Å². The first-order valence-electron chi connectivity index (χ1n) is 5.79.